The molecule has 3 atom stereocenters. The fraction of sp³-hybridized carbons (Fsp3) is 0.575. The summed E-state index contributed by atoms with van der Waals surface area (Å²) >= 11 is 0. The molecule has 3 aromatic heterocycles. The number of imide groups is 1. The first-order valence-electron chi connectivity index (χ1n) is 19.6. The van der Waals surface area contributed by atoms with Crippen LogP contribution >= 0.6 is 0 Å². The van der Waals surface area contributed by atoms with Gasteiger partial charge in [-0.3, -0.25) is 33.5 Å². The van der Waals surface area contributed by atoms with Gasteiger partial charge in [0.25, 0.3) is 5.91 Å². The standard InChI is InChI=1S/C40H55N9O7/c1-40(2,3)49-34(42-37(52)33-22-27(24-55-6)44-47(33)5)23-29(45-49)26-14-15-28(21-26)56-38(53)41-19-11-9-7-8-10-12-25-13-16-30-32(20-25)46(4)39(54)48(30)31-17-18-35(50)43-36(31)51/h13,16,20,22-23,26,28,31H,7-12,14-15,17-19,21,24H2,1-6H3,(H,41,53)(H,42,52)(H,43,50,51)/t26-,28+,31?/m0/s1. The minimum atomic E-state index is -0.691. The summed E-state index contributed by atoms with van der Waals surface area (Å²) in [6.45, 7) is 6.97. The van der Waals surface area contributed by atoms with E-state index in [2.05, 4.69) is 21.0 Å². The number of carbonyl (C=O) groups excluding carboxylic acids is 4. The monoisotopic (exact) mass is 773 g/mol. The molecule has 1 unspecified atom stereocenters. The van der Waals surface area contributed by atoms with Crippen LogP contribution in [0.25, 0.3) is 11.0 Å². The summed E-state index contributed by atoms with van der Waals surface area (Å²) in [6, 6.07) is 8.87. The van der Waals surface area contributed by atoms with E-state index in [9.17, 15) is 24.0 Å². The molecular weight excluding hydrogens is 718 g/mol. The number of nitrogens with zero attached hydrogens (tertiary/aromatic N) is 6. The summed E-state index contributed by atoms with van der Waals surface area (Å²) < 4.78 is 17.4. The maximum absolute atomic E-state index is 13.2. The summed E-state index contributed by atoms with van der Waals surface area (Å²) in [5.74, 6) is -0.325. The number of carbonyl (C=O) groups is 4. The van der Waals surface area contributed by atoms with E-state index >= 15 is 0 Å². The van der Waals surface area contributed by atoms with Crippen molar-refractivity contribution in [1.29, 1.82) is 0 Å². The lowest BCUT2D eigenvalue weighted by Crippen LogP contribution is -2.44. The van der Waals surface area contributed by atoms with Gasteiger partial charge in [0.15, 0.2) is 0 Å². The molecule has 302 valence electrons. The first kappa shape index (κ1) is 40.4. The van der Waals surface area contributed by atoms with E-state index in [0.29, 0.717) is 48.7 Å². The van der Waals surface area contributed by atoms with E-state index in [1.807, 2.05) is 49.7 Å². The number of aryl methyl sites for hydroxylation is 3. The van der Waals surface area contributed by atoms with Gasteiger partial charge in [-0.15, -0.1) is 0 Å². The molecule has 1 aliphatic carbocycles. The number of hydrogen-bond donors (Lipinski definition) is 3. The third-order valence-corrected chi connectivity index (χ3v) is 10.7. The smallest absolute Gasteiger partial charge is 0.407 e. The first-order chi connectivity index (χ1) is 26.7. The number of ether oxygens (including phenoxy) is 2. The molecule has 1 aromatic carbocycles. The summed E-state index contributed by atoms with van der Waals surface area (Å²) in [6.07, 6.45) is 7.94. The number of fused-ring (bicyclic) bond motifs is 1. The second-order valence-electron chi connectivity index (χ2n) is 16.1. The molecule has 16 heteroatoms. The van der Waals surface area contributed by atoms with Crippen molar-refractivity contribution < 1.29 is 28.7 Å². The zero-order valence-corrected chi connectivity index (χ0v) is 33.4. The Bertz CT molecular complexity index is 2140. The number of piperidine rings is 1. The van der Waals surface area contributed by atoms with E-state index in [1.54, 1.807) is 36.5 Å². The third-order valence-electron chi connectivity index (χ3n) is 10.7. The van der Waals surface area contributed by atoms with Gasteiger partial charge in [-0.1, -0.05) is 25.3 Å². The fourth-order valence-electron chi connectivity index (χ4n) is 7.82. The number of anilines is 1. The van der Waals surface area contributed by atoms with Gasteiger partial charge in [0.05, 0.1) is 34.6 Å². The van der Waals surface area contributed by atoms with Gasteiger partial charge in [-0.05, 0) is 89.5 Å². The molecule has 1 saturated carbocycles. The van der Waals surface area contributed by atoms with Crippen molar-refractivity contribution in [2.24, 2.45) is 14.1 Å². The Labute approximate surface area is 326 Å². The molecule has 4 amide bonds. The second-order valence-corrected chi connectivity index (χ2v) is 16.1. The van der Waals surface area contributed by atoms with Crippen LogP contribution in [0.3, 0.4) is 0 Å². The molecule has 0 radical (unpaired) electrons. The van der Waals surface area contributed by atoms with Crippen LogP contribution < -0.4 is 21.6 Å². The molecule has 2 aliphatic rings. The number of unbranched alkanes of at least 4 members (excludes halogenated alkanes) is 4. The van der Waals surface area contributed by atoms with Gasteiger partial charge in [0.1, 0.15) is 23.7 Å². The minimum absolute atomic E-state index is 0.102. The van der Waals surface area contributed by atoms with Crippen LogP contribution in [-0.4, -0.2) is 72.3 Å². The average molecular weight is 774 g/mol. The van der Waals surface area contributed by atoms with Crippen LogP contribution in [0, 0.1) is 0 Å². The summed E-state index contributed by atoms with van der Waals surface area (Å²) in [4.78, 5) is 63.0. The topological polar surface area (TPSA) is 185 Å². The Hall–Kier alpha value is -5.25. The van der Waals surface area contributed by atoms with E-state index < -0.39 is 18.0 Å². The lowest BCUT2D eigenvalue weighted by molar-refractivity contribution is -0.135. The molecular formula is C40H55N9O7. The Morgan fingerprint density at radius 3 is 2.46 bits per heavy atom. The van der Waals surface area contributed by atoms with Crippen molar-refractivity contribution in [3.63, 3.8) is 0 Å². The molecule has 6 rings (SSSR count). The summed E-state index contributed by atoms with van der Waals surface area (Å²) in [5, 5.41) is 17.5. The number of amides is 4. The maximum atomic E-state index is 13.2. The molecule has 4 aromatic rings. The van der Waals surface area contributed by atoms with Gasteiger partial charge < -0.3 is 20.1 Å². The van der Waals surface area contributed by atoms with Gasteiger partial charge in [-0.25, -0.2) is 14.3 Å². The number of nitrogens with one attached hydrogen (secondary N) is 3. The number of hydrogen-bond acceptors (Lipinski definition) is 9. The van der Waals surface area contributed by atoms with Crippen LogP contribution in [0.4, 0.5) is 10.6 Å². The lowest BCUT2D eigenvalue weighted by Gasteiger charge is -2.22. The normalized spacial score (nSPS) is 18.7. The van der Waals surface area contributed by atoms with Gasteiger partial charge in [0.2, 0.25) is 11.8 Å². The highest BCUT2D eigenvalue weighted by molar-refractivity contribution is 6.02. The quantitative estimate of drug-likeness (QED) is 0.111. The van der Waals surface area contributed by atoms with Crippen molar-refractivity contribution in [3.05, 3.63) is 63.5 Å². The van der Waals surface area contributed by atoms with Crippen LogP contribution in [0.1, 0.15) is 124 Å². The zero-order chi connectivity index (χ0) is 40.1. The first-order valence-corrected chi connectivity index (χ1v) is 19.6. The fourth-order valence-corrected chi connectivity index (χ4v) is 7.82. The molecule has 3 N–H and O–H groups in total. The van der Waals surface area contributed by atoms with E-state index in [-0.39, 0.29) is 41.5 Å². The van der Waals surface area contributed by atoms with Gasteiger partial charge in [0, 0.05) is 46.2 Å². The lowest BCUT2D eigenvalue weighted by atomic mass is 10.0. The van der Waals surface area contributed by atoms with Crippen molar-refractivity contribution in [2.75, 3.05) is 19.0 Å². The number of imidazole rings is 1. The second kappa shape index (κ2) is 17.3. The molecule has 0 bridgehead atoms. The summed E-state index contributed by atoms with van der Waals surface area (Å²) in [7, 11) is 5.02. The molecule has 16 nitrogen and oxygen atoms in total. The highest BCUT2D eigenvalue weighted by Gasteiger charge is 2.33. The van der Waals surface area contributed by atoms with Crippen molar-refractivity contribution in [3.8, 4) is 0 Å². The average Bonchev–Trinajstić information content (AvgIpc) is 3.92. The highest BCUT2D eigenvalue weighted by Crippen LogP contribution is 2.37. The van der Waals surface area contributed by atoms with Crippen LogP contribution in [0.15, 0.2) is 35.1 Å². The molecule has 1 aliphatic heterocycles. The van der Waals surface area contributed by atoms with Crippen LogP contribution in [-0.2, 0) is 51.7 Å². The van der Waals surface area contributed by atoms with E-state index in [1.165, 1.54) is 4.57 Å². The number of alkyl carbamates (subject to hydrolysis) is 1. The molecule has 0 spiro atoms. The number of rotatable bonds is 15. The molecule has 56 heavy (non-hydrogen) atoms. The molecule has 1 saturated heterocycles. The van der Waals surface area contributed by atoms with E-state index in [0.717, 1.165) is 68.1 Å². The Morgan fingerprint density at radius 1 is 0.946 bits per heavy atom. The molecule has 4 heterocycles. The van der Waals surface area contributed by atoms with Crippen molar-refractivity contribution >= 4 is 40.7 Å². The third kappa shape index (κ3) is 9.23. The molecule has 2 fully saturated rings. The number of aromatic nitrogens is 6. The van der Waals surface area contributed by atoms with Gasteiger partial charge >= 0.3 is 11.8 Å². The Kier molecular flexibility index (Phi) is 12.5. The minimum Gasteiger partial charge on any atom is -0.446 e. The SMILES string of the molecule is COCc1cc(C(=O)Nc2cc([C@H]3CC[C@@H](OC(=O)NCCCCCCCc4ccc5c(c4)n(C)c(=O)n5C4CCC(=O)NC4=O)C3)nn2C(C)(C)C)n(C)n1. The maximum Gasteiger partial charge on any atom is 0.407 e. The predicted octanol–water partition coefficient (Wildman–Crippen LogP) is 4.96. The summed E-state index contributed by atoms with van der Waals surface area (Å²) in [5.41, 5.74) is 3.90. The number of benzene rings is 1. The highest BCUT2D eigenvalue weighted by atomic mass is 16.6. The van der Waals surface area contributed by atoms with E-state index in [4.69, 9.17) is 14.6 Å². The van der Waals surface area contributed by atoms with Crippen LogP contribution in [0.2, 0.25) is 0 Å². The number of methoxy groups -OCH3 is 1. The largest absolute Gasteiger partial charge is 0.446 e. The van der Waals surface area contributed by atoms with Crippen LogP contribution in [0.5, 0.6) is 0 Å². The van der Waals surface area contributed by atoms with Crippen molar-refractivity contribution in [1.82, 2.24) is 39.3 Å². The Morgan fingerprint density at radius 2 is 1.71 bits per heavy atom. The van der Waals surface area contributed by atoms with Crippen molar-refractivity contribution in [2.45, 2.75) is 122 Å². The van der Waals surface area contributed by atoms with Gasteiger partial charge in [-0.2, -0.15) is 10.2 Å². The Balaban J connectivity index is 0.901. The predicted molar refractivity (Wildman–Crippen MR) is 209 cm³/mol. The zero-order valence-electron chi connectivity index (χ0n) is 33.4.